The molecule has 2 aliphatic rings. The zero-order chi connectivity index (χ0) is 11.4. The molecule has 16 heavy (non-hydrogen) atoms. The second kappa shape index (κ2) is 5.64. The number of nitrogens with one attached hydrogen (secondary N) is 1. The minimum absolute atomic E-state index is 0.228. The molecule has 2 aliphatic heterocycles. The molecule has 2 heterocycles. The highest BCUT2D eigenvalue weighted by Gasteiger charge is 2.32. The summed E-state index contributed by atoms with van der Waals surface area (Å²) in [6.45, 7) is 7.28. The fourth-order valence-corrected chi connectivity index (χ4v) is 2.58. The van der Waals surface area contributed by atoms with Crippen LogP contribution in [0.25, 0.3) is 0 Å². The van der Waals surface area contributed by atoms with Crippen molar-refractivity contribution in [2.24, 2.45) is 11.8 Å². The second-order valence-electron chi connectivity index (χ2n) is 4.79. The van der Waals surface area contributed by atoms with Crippen LogP contribution in [0.5, 0.6) is 0 Å². The van der Waals surface area contributed by atoms with Crippen LogP contribution in [0.15, 0.2) is 0 Å². The molecule has 0 aromatic heterocycles. The number of hydrogen-bond donors (Lipinski definition) is 1. The van der Waals surface area contributed by atoms with Crippen LogP contribution in [-0.4, -0.2) is 50.2 Å². The lowest BCUT2D eigenvalue weighted by Crippen LogP contribution is -2.35. The van der Waals surface area contributed by atoms with Gasteiger partial charge in [0.25, 0.3) is 0 Å². The molecule has 2 fully saturated rings. The molecule has 1 N–H and O–H groups in total. The average Bonchev–Trinajstić information content (AvgIpc) is 2.96. The van der Waals surface area contributed by atoms with E-state index in [2.05, 4.69) is 5.32 Å². The van der Waals surface area contributed by atoms with Crippen molar-refractivity contribution >= 4 is 5.91 Å². The van der Waals surface area contributed by atoms with Gasteiger partial charge in [-0.25, -0.2) is 0 Å². The van der Waals surface area contributed by atoms with Gasteiger partial charge in [0.15, 0.2) is 0 Å². The van der Waals surface area contributed by atoms with Gasteiger partial charge in [-0.3, -0.25) is 4.79 Å². The van der Waals surface area contributed by atoms with Crippen LogP contribution in [0.2, 0.25) is 0 Å². The highest BCUT2D eigenvalue weighted by molar-refractivity contribution is 5.79. The molecule has 0 radical (unpaired) electrons. The SMILES string of the molecule is CCOCC1CCN(C(=O)C2CCNC2)C1. The third-order valence-corrected chi connectivity index (χ3v) is 3.56. The Hall–Kier alpha value is -0.610. The number of ether oxygens (including phenoxy) is 1. The first-order valence-electron chi connectivity index (χ1n) is 6.38. The minimum atomic E-state index is 0.228. The smallest absolute Gasteiger partial charge is 0.227 e. The van der Waals surface area contributed by atoms with E-state index in [9.17, 15) is 4.79 Å². The average molecular weight is 226 g/mol. The summed E-state index contributed by atoms with van der Waals surface area (Å²) in [7, 11) is 0. The van der Waals surface area contributed by atoms with Crippen molar-refractivity contribution in [2.45, 2.75) is 19.8 Å². The summed E-state index contributed by atoms with van der Waals surface area (Å²) in [5.41, 5.74) is 0. The fraction of sp³-hybridized carbons (Fsp3) is 0.917. The van der Waals surface area contributed by atoms with Crippen molar-refractivity contribution in [3.8, 4) is 0 Å². The lowest BCUT2D eigenvalue weighted by atomic mass is 10.1. The monoisotopic (exact) mass is 226 g/mol. The molecule has 0 aromatic carbocycles. The van der Waals surface area contributed by atoms with Crippen molar-refractivity contribution in [1.82, 2.24) is 10.2 Å². The van der Waals surface area contributed by atoms with Crippen molar-refractivity contribution < 1.29 is 9.53 Å². The van der Waals surface area contributed by atoms with E-state index in [1.807, 2.05) is 11.8 Å². The fourth-order valence-electron chi connectivity index (χ4n) is 2.58. The lowest BCUT2D eigenvalue weighted by molar-refractivity contribution is -0.134. The normalized spacial score (nSPS) is 29.9. The molecular formula is C12H22N2O2. The first-order chi connectivity index (χ1) is 7.81. The molecule has 0 aliphatic carbocycles. The lowest BCUT2D eigenvalue weighted by Gasteiger charge is -2.20. The molecule has 1 amide bonds. The molecule has 4 nitrogen and oxygen atoms in total. The second-order valence-corrected chi connectivity index (χ2v) is 4.79. The maximum absolute atomic E-state index is 12.1. The van der Waals surface area contributed by atoms with E-state index in [1.165, 1.54) is 0 Å². The Balaban J connectivity index is 1.76. The van der Waals surface area contributed by atoms with Gasteiger partial charge in [0.05, 0.1) is 12.5 Å². The van der Waals surface area contributed by atoms with E-state index in [-0.39, 0.29) is 5.92 Å². The van der Waals surface area contributed by atoms with Crippen LogP contribution in [0.3, 0.4) is 0 Å². The van der Waals surface area contributed by atoms with Crippen LogP contribution in [0, 0.1) is 11.8 Å². The van der Waals surface area contributed by atoms with Crippen LogP contribution >= 0.6 is 0 Å². The number of likely N-dealkylation sites (tertiary alicyclic amines) is 1. The Bertz CT molecular complexity index is 239. The Kier molecular flexibility index (Phi) is 4.18. The van der Waals surface area contributed by atoms with Gasteiger partial charge in [-0.2, -0.15) is 0 Å². The molecule has 2 unspecified atom stereocenters. The summed E-state index contributed by atoms with van der Waals surface area (Å²) in [5.74, 6) is 1.13. The summed E-state index contributed by atoms with van der Waals surface area (Å²) in [6.07, 6.45) is 2.11. The molecular weight excluding hydrogens is 204 g/mol. The standard InChI is InChI=1S/C12H22N2O2/c1-2-16-9-10-4-6-14(8-10)12(15)11-3-5-13-7-11/h10-11,13H,2-9H2,1H3. The Morgan fingerprint density at radius 1 is 1.50 bits per heavy atom. The van der Waals surface area contributed by atoms with Gasteiger partial charge >= 0.3 is 0 Å². The largest absolute Gasteiger partial charge is 0.381 e. The first kappa shape index (κ1) is 11.9. The van der Waals surface area contributed by atoms with E-state index in [0.717, 1.165) is 52.2 Å². The molecule has 0 bridgehead atoms. The summed E-state index contributed by atoms with van der Waals surface area (Å²) in [4.78, 5) is 14.1. The van der Waals surface area contributed by atoms with Crippen LogP contribution in [0.4, 0.5) is 0 Å². The highest BCUT2D eigenvalue weighted by Crippen LogP contribution is 2.20. The maximum atomic E-state index is 12.1. The maximum Gasteiger partial charge on any atom is 0.227 e. The molecule has 0 saturated carbocycles. The molecule has 92 valence electrons. The van der Waals surface area contributed by atoms with E-state index >= 15 is 0 Å². The first-order valence-corrected chi connectivity index (χ1v) is 6.38. The third-order valence-electron chi connectivity index (χ3n) is 3.56. The third kappa shape index (κ3) is 2.74. The van der Waals surface area contributed by atoms with Gasteiger partial charge in [-0.1, -0.05) is 0 Å². The predicted molar refractivity (Wildman–Crippen MR) is 62.2 cm³/mol. The number of rotatable bonds is 4. The van der Waals surface area contributed by atoms with E-state index < -0.39 is 0 Å². The predicted octanol–water partition coefficient (Wildman–Crippen LogP) is 0.481. The van der Waals surface area contributed by atoms with Crippen molar-refractivity contribution in [3.05, 3.63) is 0 Å². The zero-order valence-corrected chi connectivity index (χ0v) is 10.1. The van der Waals surface area contributed by atoms with Crippen molar-refractivity contribution in [3.63, 3.8) is 0 Å². The summed E-state index contributed by atoms with van der Waals surface area (Å²) < 4.78 is 5.42. The van der Waals surface area contributed by atoms with E-state index in [4.69, 9.17) is 4.74 Å². The van der Waals surface area contributed by atoms with E-state index in [1.54, 1.807) is 0 Å². The molecule has 0 spiro atoms. The quantitative estimate of drug-likeness (QED) is 0.758. The van der Waals surface area contributed by atoms with Crippen LogP contribution < -0.4 is 5.32 Å². The Labute approximate surface area is 97.3 Å². The number of carbonyl (C=O) groups excluding carboxylic acids is 1. The zero-order valence-electron chi connectivity index (χ0n) is 10.1. The Morgan fingerprint density at radius 3 is 3.06 bits per heavy atom. The van der Waals surface area contributed by atoms with Gasteiger partial charge in [-0.05, 0) is 26.3 Å². The molecule has 4 heteroatoms. The number of carbonyl (C=O) groups is 1. The van der Waals surface area contributed by atoms with Gasteiger partial charge in [0.2, 0.25) is 5.91 Å². The van der Waals surface area contributed by atoms with Crippen LogP contribution in [0.1, 0.15) is 19.8 Å². The van der Waals surface area contributed by atoms with Gasteiger partial charge in [-0.15, -0.1) is 0 Å². The molecule has 0 aromatic rings. The Morgan fingerprint density at radius 2 is 2.38 bits per heavy atom. The van der Waals surface area contributed by atoms with Gasteiger partial charge in [0.1, 0.15) is 0 Å². The van der Waals surface area contributed by atoms with Crippen LogP contribution in [-0.2, 0) is 9.53 Å². The molecule has 2 rings (SSSR count). The van der Waals surface area contributed by atoms with E-state index in [0.29, 0.717) is 11.8 Å². The summed E-state index contributed by atoms with van der Waals surface area (Å²) in [5, 5.41) is 3.25. The number of hydrogen-bond acceptors (Lipinski definition) is 3. The minimum Gasteiger partial charge on any atom is -0.381 e. The summed E-state index contributed by atoms with van der Waals surface area (Å²) in [6, 6.07) is 0. The molecule has 2 saturated heterocycles. The topological polar surface area (TPSA) is 41.6 Å². The van der Waals surface area contributed by atoms with Crippen molar-refractivity contribution in [1.29, 1.82) is 0 Å². The van der Waals surface area contributed by atoms with Gasteiger partial charge in [0, 0.05) is 32.2 Å². The van der Waals surface area contributed by atoms with Crippen molar-refractivity contribution in [2.75, 3.05) is 39.4 Å². The molecule has 2 atom stereocenters. The van der Waals surface area contributed by atoms with Gasteiger partial charge < -0.3 is 15.0 Å². The number of nitrogens with zero attached hydrogens (tertiary/aromatic N) is 1. The highest BCUT2D eigenvalue weighted by atomic mass is 16.5. The number of amides is 1. The summed E-state index contributed by atoms with van der Waals surface area (Å²) >= 11 is 0.